The van der Waals surface area contributed by atoms with Crippen molar-refractivity contribution >= 4 is 67.0 Å². The quantitative estimate of drug-likeness (QED) is 0.305. The molecule has 0 unspecified atom stereocenters. The monoisotopic (exact) mass is 485 g/mol. The van der Waals surface area contributed by atoms with Crippen molar-refractivity contribution in [2.75, 3.05) is 0 Å². The van der Waals surface area contributed by atoms with Crippen molar-refractivity contribution in [2.24, 2.45) is 0 Å². The molecule has 0 bridgehead atoms. The van der Waals surface area contributed by atoms with Gasteiger partial charge in [-0.2, -0.15) is 5.26 Å². The molecular formula is C15H9I2N3. The second kappa shape index (κ2) is 5.77. The van der Waals surface area contributed by atoms with E-state index in [2.05, 4.69) is 56.2 Å². The highest BCUT2D eigenvalue weighted by Gasteiger charge is 2.13. The van der Waals surface area contributed by atoms with E-state index >= 15 is 0 Å². The first-order chi connectivity index (χ1) is 9.78. The average Bonchev–Trinajstić information content (AvgIpc) is 2.51. The lowest BCUT2D eigenvalue weighted by Gasteiger charge is -2.09. The molecule has 0 saturated heterocycles. The Labute approximate surface area is 143 Å². The third kappa shape index (κ3) is 2.24. The van der Waals surface area contributed by atoms with Gasteiger partial charge >= 0.3 is 0 Å². The van der Waals surface area contributed by atoms with Crippen LogP contribution in [0.2, 0.25) is 0 Å². The van der Waals surface area contributed by atoms with Crippen LogP contribution in [0.3, 0.4) is 0 Å². The summed E-state index contributed by atoms with van der Waals surface area (Å²) in [4.78, 5) is 9.39. The van der Waals surface area contributed by atoms with Crippen LogP contribution >= 0.6 is 45.2 Å². The lowest BCUT2D eigenvalue weighted by atomic mass is 10.0. The first-order valence-electron chi connectivity index (χ1n) is 6.01. The Kier molecular flexibility index (Phi) is 4.03. The molecule has 0 spiro atoms. The lowest BCUT2D eigenvalue weighted by molar-refractivity contribution is 1.09. The Bertz CT molecular complexity index is 853. The summed E-state index contributed by atoms with van der Waals surface area (Å²) in [6, 6.07) is 12.2. The van der Waals surface area contributed by atoms with E-state index in [4.69, 9.17) is 4.98 Å². The van der Waals surface area contributed by atoms with Gasteiger partial charge in [-0.15, -0.1) is 0 Å². The molecule has 3 nitrogen and oxygen atoms in total. The first kappa shape index (κ1) is 13.9. The van der Waals surface area contributed by atoms with Crippen LogP contribution in [0.1, 0.15) is 17.0 Å². The molecule has 0 aliphatic carbocycles. The third-order valence-electron chi connectivity index (χ3n) is 3.20. The summed E-state index contributed by atoms with van der Waals surface area (Å²) in [6.07, 6.45) is 0. The predicted octanol–water partition coefficient (Wildman–Crippen LogP) is 4.52. The molecule has 0 amide bonds. The summed E-state index contributed by atoms with van der Waals surface area (Å²) < 4.78 is 1.63. The minimum absolute atomic E-state index is 0.622. The van der Waals surface area contributed by atoms with Crippen LogP contribution in [0.5, 0.6) is 0 Å². The fourth-order valence-electron chi connectivity index (χ4n) is 2.26. The summed E-state index contributed by atoms with van der Waals surface area (Å²) in [5.41, 5.74) is 4.12. The molecule has 1 aromatic heterocycles. The smallest absolute Gasteiger partial charge is 0.107 e. The molecule has 0 radical (unpaired) electrons. The molecule has 3 rings (SSSR count). The summed E-state index contributed by atoms with van der Waals surface area (Å²) >= 11 is 4.59. The van der Waals surface area contributed by atoms with E-state index < -0.39 is 0 Å². The molecule has 0 saturated carbocycles. The van der Waals surface area contributed by atoms with Gasteiger partial charge in [-0.05, 0) is 11.5 Å². The Balaban J connectivity index is 2.49. The number of nitriles is 1. The molecule has 0 aliphatic heterocycles. The maximum atomic E-state index is 9.50. The number of aromatic nitrogens is 2. The van der Waals surface area contributed by atoms with Gasteiger partial charge in [0.1, 0.15) is 11.6 Å². The van der Waals surface area contributed by atoms with Gasteiger partial charge in [-0.25, -0.2) is 9.97 Å². The van der Waals surface area contributed by atoms with E-state index in [1.807, 2.05) is 30.3 Å². The maximum absolute atomic E-state index is 9.50. The standard InChI is InChI=1S/C15H9I2N3/c16-6-13-14(7-17)20-15-11(8-18)10-4-2-1-3-9(10)5-12(15)19-13/h1-5H,6-7H2. The van der Waals surface area contributed by atoms with Gasteiger partial charge in [0.25, 0.3) is 0 Å². The largest absolute Gasteiger partial charge is 0.248 e. The van der Waals surface area contributed by atoms with Crippen LogP contribution < -0.4 is 0 Å². The van der Waals surface area contributed by atoms with Gasteiger partial charge in [-0.3, -0.25) is 0 Å². The van der Waals surface area contributed by atoms with Crippen LogP contribution in [-0.4, -0.2) is 9.97 Å². The number of rotatable bonds is 2. The Morgan fingerprint density at radius 2 is 1.75 bits per heavy atom. The molecular weight excluding hydrogens is 476 g/mol. The van der Waals surface area contributed by atoms with Crippen LogP contribution in [0, 0.1) is 11.3 Å². The fourth-order valence-corrected chi connectivity index (χ4v) is 3.48. The topological polar surface area (TPSA) is 49.6 Å². The van der Waals surface area contributed by atoms with Crippen molar-refractivity contribution < 1.29 is 0 Å². The molecule has 0 fully saturated rings. The number of hydrogen-bond acceptors (Lipinski definition) is 3. The molecule has 1 heterocycles. The number of alkyl halides is 2. The van der Waals surface area contributed by atoms with Crippen molar-refractivity contribution in [3.05, 3.63) is 47.3 Å². The van der Waals surface area contributed by atoms with E-state index in [1.54, 1.807) is 0 Å². The van der Waals surface area contributed by atoms with Crippen molar-refractivity contribution in [1.29, 1.82) is 5.26 Å². The van der Waals surface area contributed by atoms with Gasteiger partial charge in [0.15, 0.2) is 0 Å². The normalized spacial score (nSPS) is 10.8. The number of halogens is 2. The lowest BCUT2D eigenvalue weighted by Crippen LogP contribution is -2.00. The molecule has 98 valence electrons. The van der Waals surface area contributed by atoms with E-state index in [9.17, 15) is 5.26 Å². The molecule has 0 atom stereocenters. The Hall–Kier alpha value is -1.01. The van der Waals surface area contributed by atoms with E-state index in [-0.39, 0.29) is 0 Å². The van der Waals surface area contributed by atoms with Gasteiger partial charge in [0.2, 0.25) is 0 Å². The highest BCUT2D eigenvalue weighted by Crippen LogP contribution is 2.27. The van der Waals surface area contributed by atoms with Crippen LogP contribution in [0.25, 0.3) is 21.8 Å². The third-order valence-corrected chi connectivity index (χ3v) is 4.65. The van der Waals surface area contributed by atoms with Crippen LogP contribution in [-0.2, 0) is 8.86 Å². The molecule has 3 aromatic rings. The average molecular weight is 485 g/mol. The minimum atomic E-state index is 0.622. The highest BCUT2D eigenvalue weighted by atomic mass is 127. The maximum Gasteiger partial charge on any atom is 0.107 e. The number of nitrogens with zero attached hydrogens (tertiary/aromatic N) is 3. The zero-order chi connectivity index (χ0) is 14.1. The molecule has 20 heavy (non-hydrogen) atoms. The first-order valence-corrected chi connectivity index (χ1v) is 9.07. The van der Waals surface area contributed by atoms with E-state index in [0.717, 1.165) is 36.5 Å². The van der Waals surface area contributed by atoms with Crippen LogP contribution in [0.15, 0.2) is 30.3 Å². The van der Waals surface area contributed by atoms with Crippen molar-refractivity contribution in [3.63, 3.8) is 0 Å². The van der Waals surface area contributed by atoms with Crippen LogP contribution in [0.4, 0.5) is 0 Å². The number of fused-ring (bicyclic) bond motifs is 2. The summed E-state index contributed by atoms with van der Waals surface area (Å²) in [6.45, 7) is 0. The predicted molar refractivity (Wildman–Crippen MR) is 97.2 cm³/mol. The second-order valence-corrected chi connectivity index (χ2v) is 5.86. The highest BCUT2D eigenvalue weighted by molar-refractivity contribution is 14.1. The number of hydrogen-bond donors (Lipinski definition) is 0. The number of benzene rings is 2. The van der Waals surface area contributed by atoms with Gasteiger partial charge in [-0.1, -0.05) is 69.4 Å². The van der Waals surface area contributed by atoms with Gasteiger partial charge in [0.05, 0.1) is 22.5 Å². The summed E-state index contributed by atoms with van der Waals surface area (Å²) in [5, 5.41) is 11.5. The Morgan fingerprint density at radius 1 is 1.05 bits per heavy atom. The molecule has 5 heteroatoms. The zero-order valence-electron chi connectivity index (χ0n) is 10.4. The Morgan fingerprint density at radius 3 is 2.45 bits per heavy atom. The van der Waals surface area contributed by atoms with Gasteiger partial charge < -0.3 is 0 Å². The van der Waals surface area contributed by atoms with Gasteiger partial charge in [0, 0.05) is 14.2 Å². The fraction of sp³-hybridized carbons (Fsp3) is 0.133. The second-order valence-electron chi connectivity index (χ2n) is 4.34. The van der Waals surface area contributed by atoms with Crippen molar-refractivity contribution in [2.45, 2.75) is 8.86 Å². The van der Waals surface area contributed by atoms with E-state index in [1.165, 1.54) is 0 Å². The molecule has 0 N–H and O–H groups in total. The molecule has 2 aromatic carbocycles. The summed E-state index contributed by atoms with van der Waals surface area (Å²) in [5.74, 6) is 0. The zero-order valence-corrected chi connectivity index (χ0v) is 14.7. The minimum Gasteiger partial charge on any atom is -0.248 e. The summed E-state index contributed by atoms with van der Waals surface area (Å²) in [7, 11) is 0. The van der Waals surface area contributed by atoms with Crippen molar-refractivity contribution in [3.8, 4) is 6.07 Å². The van der Waals surface area contributed by atoms with E-state index in [0.29, 0.717) is 11.1 Å². The molecule has 0 aliphatic rings. The SMILES string of the molecule is N#Cc1c2ccccc2cc2nc(CI)c(CI)nc12. The van der Waals surface area contributed by atoms with Crippen molar-refractivity contribution in [1.82, 2.24) is 9.97 Å².